The summed E-state index contributed by atoms with van der Waals surface area (Å²) in [5, 5.41) is 2.69. The Kier molecular flexibility index (Phi) is 6.62. The van der Waals surface area contributed by atoms with Gasteiger partial charge in [0, 0.05) is 12.7 Å². The second-order valence-electron chi connectivity index (χ2n) is 3.65. The van der Waals surface area contributed by atoms with Crippen LogP contribution in [0.2, 0.25) is 0 Å². The third kappa shape index (κ3) is 5.17. The van der Waals surface area contributed by atoms with Gasteiger partial charge in [0.05, 0.1) is 5.56 Å². The zero-order valence-electron chi connectivity index (χ0n) is 9.91. The van der Waals surface area contributed by atoms with Crippen molar-refractivity contribution in [3.8, 4) is 0 Å². The van der Waals surface area contributed by atoms with E-state index in [0.717, 1.165) is 25.0 Å². The van der Waals surface area contributed by atoms with Crippen LogP contribution in [0, 0.1) is 5.95 Å². The first kappa shape index (κ1) is 14.0. The molecular formula is C12H17FN2OS. The van der Waals surface area contributed by atoms with Crippen LogP contribution in [0.4, 0.5) is 4.39 Å². The molecule has 17 heavy (non-hydrogen) atoms. The lowest BCUT2D eigenvalue weighted by molar-refractivity contribution is 0.0948. The summed E-state index contributed by atoms with van der Waals surface area (Å²) in [5.74, 6) is 0.0402. The Hall–Kier alpha value is -1.10. The van der Waals surface area contributed by atoms with Crippen molar-refractivity contribution in [3.05, 3.63) is 29.8 Å². The average Bonchev–Trinajstić information content (AvgIpc) is 2.34. The smallest absolute Gasteiger partial charge is 0.255 e. The van der Waals surface area contributed by atoms with E-state index in [1.165, 1.54) is 12.3 Å². The minimum absolute atomic E-state index is 0.0108. The normalized spacial score (nSPS) is 10.2. The van der Waals surface area contributed by atoms with Gasteiger partial charge in [-0.2, -0.15) is 16.2 Å². The maximum absolute atomic E-state index is 13.1. The van der Waals surface area contributed by atoms with Crippen LogP contribution in [0.25, 0.3) is 0 Å². The number of rotatable bonds is 7. The van der Waals surface area contributed by atoms with Crippen molar-refractivity contribution in [3.63, 3.8) is 0 Å². The van der Waals surface area contributed by atoms with Gasteiger partial charge in [0.2, 0.25) is 5.95 Å². The standard InChI is InChI=1S/C12H17FN2OS/c1-17-9-4-2-3-7-15-12(16)10-6-5-8-14-11(10)13/h5-6,8H,2-4,7,9H2,1H3,(H,15,16). The highest BCUT2D eigenvalue weighted by molar-refractivity contribution is 7.98. The number of nitrogens with zero attached hydrogens (tertiary/aromatic N) is 1. The van der Waals surface area contributed by atoms with Gasteiger partial charge in [-0.05, 0) is 37.0 Å². The van der Waals surface area contributed by atoms with Crippen LogP contribution in [0.5, 0.6) is 0 Å². The summed E-state index contributed by atoms with van der Waals surface area (Å²) < 4.78 is 13.1. The van der Waals surface area contributed by atoms with Crippen LogP contribution in [-0.4, -0.2) is 29.4 Å². The highest BCUT2D eigenvalue weighted by Gasteiger charge is 2.10. The van der Waals surface area contributed by atoms with Crippen molar-refractivity contribution in [1.82, 2.24) is 10.3 Å². The average molecular weight is 256 g/mol. The molecule has 0 saturated carbocycles. The molecule has 0 aliphatic carbocycles. The number of unbranched alkanes of at least 4 members (excludes halogenated alkanes) is 2. The molecule has 1 rings (SSSR count). The highest BCUT2D eigenvalue weighted by atomic mass is 32.2. The fourth-order valence-electron chi connectivity index (χ4n) is 1.40. The Balaban J connectivity index is 2.24. The van der Waals surface area contributed by atoms with Gasteiger partial charge in [-0.1, -0.05) is 6.42 Å². The van der Waals surface area contributed by atoms with Crippen LogP contribution >= 0.6 is 11.8 Å². The molecule has 1 heterocycles. The van der Waals surface area contributed by atoms with Gasteiger partial charge in [0.25, 0.3) is 5.91 Å². The molecule has 0 spiro atoms. The SMILES string of the molecule is CSCCCCCNC(=O)c1cccnc1F. The lowest BCUT2D eigenvalue weighted by Crippen LogP contribution is -2.25. The van der Waals surface area contributed by atoms with Crippen molar-refractivity contribution in [1.29, 1.82) is 0 Å². The number of aromatic nitrogens is 1. The second kappa shape index (κ2) is 8.06. The Morgan fingerprint density at radius 3 is 3.00 bits per heavy atom. The molecule has 1 amide bonds. The van der Waals surface area contributed by atoms with E-state index in [1.54, 1.807) is 6.07 Å². The molecule has 0 aliphatic rings. The molecule has 94 valence electrons. The summed E-state index contributed by atoms with van der Waals surface area (Å²) in [6.07, 6.45) is 6.56. The lowest BCUT2D eigenvalue weighted by atomic mass is 10.2. The minimum Gasteiger partial charge on any atom is -0.352 e. The van der Waals surface area contributed by atoms with E-state index in [4.69, 9.17) is 0 Å². The molecule has 0 bridgehead atoms. The summed E-state index contributed by atoms with van der Waals surface area (Å²) in [7, 11) is 0. The molecule has 0 radical (unpaired) electrons. The summed E-state index contributed by atoms with van der Waals surface area (Å²) in [6, 6.07) is 2.99. The minimum atomic E-state index is -0.715. The van der Waals surface area contributed by atoms with E-state index >= 15 is 0 Å². The second-order valence-corrected chi connectivity index (χ2v) is 4.64. The third-order valence-electron chi connectivity index (χ3n) is 2.31. The zero-order valence-corrected chi connectivity index (χ0v) is 10.7. The van der Waals surface area contributed by atoms with Crippen LogP contribution < -0.4 is 5.32 Å². The molecular weight excluding hydrogens is 239 g/mol. The predicted molar refractivity (Wildman–Crippen MR) is 68.8 cm³/mol. The molecule has 0 saturated heterocycles. The summed E-state index contributed by atoms with van der Waals surface area (Å²) in [4.78, 5) is 15.0. The topological polar surface area (TPSA) is 42.0 Å². The maximum Gasteiger partial charge on any atom is 0.255 e. The number of amides is 1. The molecule has 3 nitrogen and oxygen atoms in total. The Labute approximate surface area is 105 Å². The fraction of sp³-hybridized carbons (Fsp3) is 0.500. The van der Waals surface area contributed by atoms with E-state index in [0.29, 0.717) is 6.54 Å². The van der Waals surface area contributed by atoms with Crippen LogP contribution in [-0.2, 0) is 0 Å². The van der Waals surface area contributed by atoms with Gasteiger partial charge < -0.3 is 5.32 Å². The number of nitrogens with one attached hydrogen (secondary N) is 1. The Morgan fingerprint density at radius 1 is 1.47 bits per heavy atom. The molecule has 0 aromatic carbocycles. The molecule has 5 heteroatoms. The monoisotopic (exact) mass is 256 g/mol. The molecule has 0 fully saturated rings. The first-order valence-electron chi connectivity index (χ1n) is 5.63. The number of hydrogen-bond donors (Lipinski definition) is 1. The van der Waals surface area contributed by atoms with E-state index in [-0.39, 0.29) is 11.5 Å². The Morgan fingerprint density at radius 2 is 2.29 bits per heavy atom. The number of halogens is 1. The van der Waals surface area contributed by atoms with Gasteiger partial charge in [0.1, 0.15) is 0 Å². The van der Waals surface area contributed by atoms with Crippen molar-refractivity contribution >= 4 is 17.7 Å². The number of carbonyl (C=O) groups is 1. The number of hydrogen-bond acceptors (Lipinski definition) is 3. The van der Waals surface area contributed by atoms with E-state index in [2.05, 4.69) is 16.6 Å². The first-order chi connectivity index (χ1) is 8.25. The van der Waals surface area contributed by atoms with E-state index in [9.17, 15) is 9.18 Å². The third-order valence-corrected chi connectivity index (χ3v) is 3.01. The van der Waals surface area contributed by atoms with Gasteiger partial charge in [-0.25, -0.2) is 4.98 Å². The van der Waals surface area contributed by atoms with Crippen LogP contribution in [0.3, 0.4) is 0 Å². The molecule has 0 atom stereocenters. The van der Waals surface area contributed by atoms with Crippen LogP contribution in [0.15, 0.2) is 18.3 Å². The summed E-state index contributed by atoms with van der Waals surface area (Å²) >= 11 is 1.82. The van der Waals surface area contributed by atoms with Crippen molar-refractivity contribution in [2.75, 3.05) is 18.6 Å². The van der Waals surface area contributed by atoms with Crippen molar-refractivity contribution < 1.29 is 9.18 Å². The van der Waals surface area contributed by atoms with Crippen molar-refractivity contribution in [2.24, 2.45) is 0 Å². The number of carbonyl (C=O) groups excluding carboxylic acids is 1. The summed E-state index contributed by atoms with van der Waals surface area (Å²) in [5.41, 5.74) is 0.0108. The number of pyridine rings is 1. The number of thioether (sulfide) groups is 1. The van der Waals surface area contributed by atoms with Crippen molar-refractivity contribution in [2.45, 2.75) is 19.3 Å². The van der Waals surface area contributed by atoms with Gasteiger partial charge in [0.15, 0.2) is 0 Å². The largest absolute Gasteiger partial charge is 0.352 e. The van der Waals surface area contributed by atoms with Gasteiger partial charge >= 0.3 is 0 Å². The molecule has 1 aromatic rings. The quantitative estimate of drug-likeness (QED) is 0.602. The van der Waals surface area contributed by atoms with E-state index < -0.39 is 5.95 Å². The molecule has 1 aromatic heterocycles. The van der Waals surface area contributed by atoms with Gasteiger partial charge in [-0.3, -0.25) is 4.79 Å². The molecule has 0 aliphatic heterocycles. The fourth-order valence-corrected chi connectivity index (χ4v) is 1.89. The zero-order chi connectivity index (χ0) is 12.5. The molecule has 0 unspecified atom stereocenters. The van der Waals surface area contributed by atoms with Gasteiger partial charge in [-0.15, -0.1) is 0 Å². The maximum atomic E-state index is 13.1. The summed E-state index contributed by atoms with van der Waals surface area (Å²) in [6.45, 7) is 0.585. The lowest BCUT2D eigenvalue weighted by Gasteiger charge is -2.05. The Bertz CT molecular complexity index is 360. The molecule has 1 N–H and O–H groups in total. The van der Waals surface area contributed by atoms with Crippen LogP contribution in [0.1, 0.15) is 29.6 Å². The first-order valence-corrected chi connectivity index (χ1v) is 7.02. The van der Waals surface area contributed by atoms with E-state index in [1.807, 2.05) is 11.8 Å². The predicted octanol–water partition coefficient (Wildman–Crippen LogP) is 2.48. The highest BCUT2D eigenvalue weighted by Crippen LogP contribution is 2.04.